The molecule has 106 valence electrons. The molecule has 0 heterocycles. The summed E-state index contributed by atoms with van der Waals surface area (Å²) in [6.07, 6.45) is 11.5. The first-order valence-electron chi connectivity index (χ1n) is 9.42. The van der Waals surface area contributed by atoms with E-state index in [-0.39, 0.29) is 0 Å². The normalized spacial score (nSPS) is 66.0. The second kappa shape index (κ2) is 3.80. The van der Waals surface area contributed by atoms with Gasteiger partial charge in [0.2, 0.25) is 0 Å². The third-order valence-electron chi connectivity index (χ3n) is 8.62. The summed E-state index contributed by atoms with van der Waals surface area (Å²) in [6, 6.07) is 0. The van der Waals surface area contributed by atoms with Crippen LogP contribution in [0.25, 0.3) is 0 Å². The molecule has 0 spiro atoms. The predicted molar refractivity (Wildman–Crippen MR) is 78.6 cm³/mol. The summed E-state index contributed by atoms with van der Waals surface area (Å²) in [4.78, 5) is 0. The minimum atomic E-state index is 1.21. The van der Waals surface area contributed by atoms with E-state index in [9.17, 15) is 0 Å². The Kier molecular flexibility index (Phi) is 2.33. The van der Waals surface area contributed by atoms with Crippen LogP contribution in [0.1, 0.15) is 58.8 Å². The van der Waals surface area contributed by atoms with E-state index in [0.717, 1.165) is 0 Å². The molecule has 0 heteroatoms. The molecule has 0 aliphatic heterocycles. The van der Waals surface area contributed by atoms with Crippen LogP contribution in [-0.2, 0) is 0 Å². The van der Waals surface area contributed by atoms with E-state index in [1.165, 1.54) is 59.2 Å². The van der Waals surface area contributed by atoms with Gasteiger partial charge >= 0.3 is 0 Å². The van der Waals surface area contributed by atoms with E-state index in [1.807, 2.05) is 13.8 Å². The maximum absolute atomic E-state index is 2.00. The van der Waals surface area contributed by atoms with Crippen molar-refractivity contribution in [3.63, 3.8) is 0 Å². The Bertz CT molecular complexity index is 317. The Morgan fingerprint density at radius 2 is 0.789 bits per heavy atom. The van der Waals surface area contributed by atoms with Gasteiger partial charge in [0.15, 0.2) is 0 Å². The minimum absolute atomic E-state index is 1.21. The van der Waals surface area contributed by atoms with E-state index in [2.05, 4.69) is 0 Å². The van der Waals surface area contributed by atoms with Crippen molar-refractivity contribution in [1.29, 1.82) is 0 Å². The monoisotopic (exact) mass is 258 g/mol. The van der Waals surface area contributed by atoms with Crippen molar-refractivity contribution in [1.82, 2.24) is 0 Å². The lowest BCUT2D eigenvalue weighted by atomic mass is 9.60. The van der Waals surface area contributed by atoms with Crippen LogP contribution in [0.5, 0.6) is 0 Å². The van der Waals surface area contributed by atoms with Crippen molar-refractivity contribution in [2.45, 2.75) is 58.8 Å². The van der Waals surface area contributed by atoms with Crippen LogP contribution in [0.2, 0.25) is 0 Å². The molecule has 0 N–H and O–H groups in total. The van der Waals surface area contributed by atoms with Crippen LogP contribution < -0.4 is 0 Å². The highest BCUT2D eigenvalue weighted by molar-refractivity contribution is 5.18. The molecule has 6 bridgehead atoms. The van der Waals surface area contributed by atoms with Crippen LogP contribution in [0.4, 0.5) is 0 Å². The Labute approximate surface area is 118 Å². The van der Waals surface area contributed by atoms with Crippen molar-refractivity contribution in [3.8, 4) is 0 Å². The van der Waals surface area contributed by atoms with Gasteiger partial charge in [-0.1, -0.05) is 13.8 Å². The average Bonchev–Trinajstić information content (AvgIpc) is 3.23. The lowest BCUT2D eigenvalue weighted by molar-refractivity contribution is 0.0263. The van der Waals surface area contributed by atoms with Gasteiger partial charge < -0.3 is 0 Å². The molecule has 0 saturated heterocycles. The first kappa shape index (κ1) is 11.6. The predicted octanol–water partition coefficient (Wildman–Crippen LogP) is 4.99. The smallest absolute Gasteiger partial charge is 0.0321 e. The van der Waals surface area contributed by atoms with E-state index >= 15 is 0 Å². The van der Waals surface area contributed by atoms with Gasteiger partial charge in [-0.15, -0.1) is 0 Å². The maximum atomic E-state index is 2.00. The highest BCUT2D eigenvalue weighted by Crippen LogP contribution is 2.76. The highest BCUT2D eigenvalue weighted by Gasteiger charge is 2.70. The molecule has 6 rings (SSSR count). The lowest BCUT2D eigenvalue weighted by Gasteiger charge is -2.45. The van der Waals surface area contributed by atoms with Crippen LogP contribution in [0.15, 0.2) is 0 Å². The maximum Gasteiger partial charge on any atom is -0.0321 e. The fraction of sp³-hybridized carbons (Fsp3) is 1.00. The Hall–Kier alpha value is 0. The summed E-state index contributed by atoms with van der Waals surface area (Å²) in [5.74, 6) is 12.3. The third kappa shape index (κ3) is 1.20. The Morgan fingerprint density at radius 1 is 0.474 bits per heavy atom. The third-order valence-corrected chi connectivity index (χ3v) is 8.62. The van der Waals surface area contributed by atoms with Crippen molar-refractivity contribution >= 4 is 0 Å². The van der Waals surface area contributed by atoms with Gasteiger partial charge in [-0.3, -0.25) is 0 Å². The number of fused-ring (bicyclic) bond motifs is 16. The van der Waals surface area contributed by atoms with Crippen LogP contribution in [-0.4, -0.2) is 0 Å². The topological polar surface area (TPSA) is 0 Å². The van der Waals surface area contributed by atoms with E-state index in [0.29, 0.717) is 0 Å². The standard InChI is InChI=1S/C17H24.C2H6/c1-2-9-5-8(1)14-12-7-13(15(9)14)17-11-4-3-10(6-11)16(12)17;1-2/h8-17H,1-7H2;1-2H3. The molecule has 8 atom stereocenters. The summed E-state index contributed by atoms with van der Waals surface area (Å²) < 4.78 is 0. The number of hydrogen-bond donors (Lipinski definition) is 0. The molecule has 0 aromatic heterocycles. The zero-order chi connectivity index (χ0) is 12.7. The SMILES string of the molecule is C1CC2CC1C1C3CC(C21)C1C2CCC(C2)C31.CC. The van der Waals surface area contributed by atoms with Gasteiger partial charge in [-0.2, -0.15) is 0 Å². The van der Waals surface area contributed by atoms with Crippen molar-refractivity contribution in [3.05, 3.63) is 0 Å². The Morgan fingerprint density at radius 3 is 1.11 bits per heavy atom. The summed E-state index contributed by atoms with van der Waals surface area (Å²) in [5, 5.41) is 0. The van der Waals surface area contributed by atoms with Crippen LogP contribution in [0.3, 0.4) is 0 Å². The van der Waals surface area contributed by atoms with Gasteiger partial charge in [-0.25, -0.2) is 0 Å². The number of rotatable bonds is 0. The van der Waals surface area contributed by atoms with E-state index in [1.54, 1.807) is 44.9 Å². The molecule has 6 saturated carbocycles. The average molecular weight is 258 g/mol. The van der Waals surface area contributed by atoms with Crippen LogP contribution in [0, 0.1) is 59.2 Å². The number of hydrogen-bond acceptors (Lipinski definition) is 0. The molecule has 8 unspecified atom stereocenters. The molecule has 0 aromatic rings. The zero-order valence-corrected chi connectivity index (χ0v) is 12.7. The quantitative estimate of drug-likeness (QED) is 0.537. The lowest BCUT2D eigenvalue weighted by Crippen LogP contribution is -2.40. The first-order chi connectivity index (χ1) is 9.42. The van der Waals surface area contributed by atoms with Crippen molar-refractivity contribution in [2.24, 2.45) is 59.2 Å². The van der Waals surface area contributed by atoms with Gasteiger partial charge in [0.05, 0.1) is 0 Å². The van der Waals surface area contributed by atoms with Gasteiger partial charge in [0.25, 0.3) is 0 Å². The fourth-order valence-electron chi connectivity index (χ4n) is 8.76. The van der Waals surface area contributed by atoms with E-state index in [4.69, 9.17) is 0 Å². The van der Waals surface area contributed by atoms with Crippen LogP contribution >= 0.6 is 0 Å². The molecule has 0 amide bonds. The van der Waals surface area contributed by atoms with Gasteiger partial charge in [0.1, 0.15) is 0 Å². The van der Waals surface area contributed by atoms with Gasteiger partial charge in [0, 0.05) is 0 Å². The second-order valence-electron chi connectivity index (χ2n) is 8.54. The first-order valence-corrected chi connectivity index (χ1v) is 9.42. The molecule has 0 nitrogen and oxygen atoms in total. The summed E-state index contributed by atoms with van der Waals surface area (Å²) >= 11 is 0. The highest BCUT2D eigenvalue weighted by atomic mass is 14.7. The molecule has 6 aliphatic rings. The Balaban J connectivity index is 0.000000424. The zero-order valence-electron chi connectivity index (χ0n) is 12.7. The molecular formula is C19H30. The second-order valence-corrected chi connectivity index (χ2v) is 8.54. The minimum Gasteiger partial charge on any atom is -0.0683 e. The van der Waals surface area contributed by atoms with Crippen molar-refractivity contribution < 1.29 is 0 Å². The summed E-state index contributed by atoms with van der Waals surface area (Å²) in [5.41, 5.74) is 0. The fourth-order valence-corrected chi connectivity index (χ4v) is 8.76. The molecular weight excluding hydrogens is 228 g/mol. The molecule has 6 fully saturated rings. The molecule has 0 radical (unpaired) electrons. The molecule has 0 aromatic carbocycles. The largest absolute Gasteiger partial charge is 0.0683 e. The van der Waals surface area contributed by atoms with E-state index < -0.39 is 0 Å². The molecule has 19 heavy (non-hydrogen) atoms. The van der Waals surface area contributed by atoms with Crippen molar-refractivity contribution in [2.75, 3.05) is 0 Å². The summed E-state index contributed by atoms with van der Waals surface area (Å²) in [7, 11) is 0. The van der Waals surface area contributed by atoms with Gasteiger partial charge in [-0.05, 0) is 104 Å². The summed E-state index contributed by atoms with van der Waals surface area (Å²) in [6.45, 7) is 4.00. The molecule has 6 aliphatic carbocycles.